The van der Waals surface area contributed by atoms with Gasteiger partial charge in [0.15, 0.2) is 0 Å². The second-order valence-corrected chi connectivity index (χ2v) is 6.39. The minimum Gasteiger partial charge on any atom is -0.378 e. The van der Waals surface area contributed by atoms with Gasteiger partial charge in [-0.05, 0) is 12.8 Å². The van der Waals surface area contributed by atoms with Gasteiger partial charge in [-0.2, -0.15) is 0 Å². The highest BCUT2D eigenvalue weighted by Crippen LogP contribution is 2.21. The molecule has 0 amide bonds. The van der Waals surface area contributed by atoms with E-state index in [0.717, 1.165) is 69.6 Å². The molecule has 0 radical (unpaired) electrons. The van der Waals surface area contributed by atoms with Crippen molar-refractivity contribution in [3.05, 3.63) is 31.1 Å². The second-order valence-electron chi connectivity index (χ2n) is 6.39. The normalized spacial score (nSPS) is 21.2. The minimum atomic E-state index is 0.349. The summed E-state index contributed by atoms with van der Waals surface area (Å²) < 4.78 is 5.41. The third-order valence-electron chi connectivity index (χ3n) is 4.67. The maximum atomic E-state index is 5.41. The Morgan fingerprint density at radius 3 is 2.68 bits per heavy atom. The fraction of sp³-hybridized carbons (Fsp3) is 0.529. The van der Waals surface area contributed by atoms with Crippen LogP contribution in [-0.4, -0.2) is 65.4 Å². The summed E-state index contributed by atoms with van der Waals surface area (Å²) in [6, 6.07) is 2.39. The van der Waals surface area contributed by atoms with Gasteiger partial charge in [0.05, 0.1) is 31.3 Å². The van der Waals surface area contributed by atoms with Crippen molar-refractivity contribution in [1.29, 1.82) is 0 Å². The quantitative estimate of drug-likeness (QED) is 0.888. The first-order valence-corrected chi connectivity index (χ1v) is 8.80. The molecule has 2 saturated heterocycles. The largest absolute Gasteiger partial charge is 0.378 e. The number of ether oxygens (including phenoxy) is 1. The summed E-state index contributed by atoms with van der Waals surface area (Å²) in [6.45, 7) is 5.22. The number of hydrogen-bond acceptors (Lipinski definition) is 8. The number of rotatable bonds is 4. The Kier molecular flexibility index (Phi) is 4.87. The lowest BCUT2D eigenvalue weighted by atomic mass is 10.1. The van der Waals surface area contributed by atoms with Crippen LogP contribution in [-0.2, 0) is 4.74 Å². The maximum Gasteiger partial charge on any atom is 0.134 e. The summed E-state index contributed by atoms with van der Waals surface area (Å²) in [4.78, 5) is 21.6. The van der Waals surface area contributed by atoms with Gasteiger partial charge in [0.2, 0.25) is 0 Å². The molecule has 0 saturated carbocycles. The molecule has 2 aliphatic heterocycles. The molecule has 25 heavy (non-hydrogen) atoms. The molecule has 8 nitrogen and oxygen atoms in total. The van der Waals surface area contributed by atoms with E-state index in [0.29, 0.717) is 6.04 Å². The topological polar surface area (TPSA) is 79.3 Å². The van der Waals surface area contributed by atoms with E-state index in [-0.39, 0.29) is 0 Å². The van der Waals surface area contributed by atoms with Gasteiger partial charge in [-0.1, -0.05) is 0 Å². The average molecular weight is 341 g/mol. The summed E-state index contributed by atoms with van der Waals surface area (Å²) in [5.74, 6) is 1.84. The molecule has 0 unspecified atom stereocenters. The van der Waals surface area contributed by atoms with Gasteiger partial charge in [-0.15, -0.1) is 0 Å². The van der Waals surface area contributed by atoms with Crippen LogP contribution in [0.25, 0.3) is 0 Å². The molecule has 0 aliphatic carbocycles. The molecule has 132 valence electrons. The van der Waals surface area contributed by atoms with Crippen molar-refractivity contribution in [3.8, 4) is 0 Å². The first kappa shape index (κ1) is 16.0. The molecular formula is C17H23N7O. The van der Waals surface area contributed by atoms with E-state index in [1.807, 2.05) is 18.5 Å². The standard InChI is InChI=1S/C17H23N7O/c1-2-14(11-24(3-1)15-9-18-12-19-10-15)22-16-8-17(21-13-20-16)23-4-6-25-7-5-23/h8-10,12-14H,1-7,11H2,(H,20,21,22)/t14-/m1/s1. The molecule has 0 aromatic carbocycles. The van der Waals surface area contributed by atoms with E-state index in [9.17, 15) is 0 Å². The van der Waals surface area contributed by atoms with Gasteiger partial charge >= 0.3 is 0 Å². The molecule has 2 aliphatic rings. The number of anilines is 3. The Bertz CT molecular complexity index is 678. The number of piperidine rings is 1. The van der Waals surface area contributed by atoms with Crippen LogP contribution >= 0.6 is 0 Å². The first-order chi connectivity index (χ1) is 12.4. The molecule has 2 aromatic rings. The van der Waals surface area contributed by atoms with Crippen molar-refractivity contribution < 1.29 is 4.74 Å². The molecule has 2 aromatic heterocycles. The van der Waals surface area contributed by atoms with E-state index in [1.165, 1.54) is 0 Å². The van der Waals surface area contributed by atoms with Crippen LogP contribution < -0.4 is 15.1 Å². The van der Waals surface area contributed by atoms with Gasteiger partial charge in [-0.25, -0.2) is 19.9 Å². The lowest BCUT2D eigenvalue weighted by Crippen LogP contribution is -2.42. The number of hydrogen-bond donors (Lipinski definition) is 1. The highest BCUT2D eigenvalue weighted by atomic mass is 16.5. The Morgan fingerprint density at radius 2 is 1.84 bits per heavy atom. The van der Waals surface area contributed by atoms with Crippen molar-refractivity contribution in [2.45, 2.75) is 18.9 Å². The summed E-state index contributed by atoms with van der Waals surface area (Å²) in [5, 5.41) is 3.57. The summed E-state index contributed by atoms with van der Waals surface area (Å²) >= 11 is 0. The van der Waals surface area contributed by atoms with E-state index >= 15 is 0 Å². The number of aromatic nitrogens is 4. The van der Waals surface area contributed by atoms with Gasteiger partial charge in [0, 0.05) is 38.3 Å². The van der Waals surface area contributed by atoms with Crippen molar-refractivity contribution in [1.82, 2.24) is 19.9 Å². The predicted octanol–water partition coefficient (Wildman–Crippen LogP) is 1.18. The van der Waals surface area contributed by atoms with Crippen LogP contribution in [0.3, 0.4) is 0 Å². The van der Waals surface area contributed by atoms with Crippen LogP contribution in [0.2, 0.25) is 0 Å². The van der Waals surface area contributed by atoms with Crippen molar-refractivity contribution in [3.63, 3.8) is 0 Å². The first-order valence-electron chi connectivity index (χ1n) is 8.80. The van der Waals surface area contributed by atoms with Gasteiger partial charge in [0.1, 0.15) is 24.3 Å². The molecule has 4 heterocycles. The van der Waals surface area contributed by atoms with Crippen LogP contribution in [0.5, 0.6) is 0 Å². The monoisotopic (exact) mass is 341 g/mol. The third-order valence-corrected chi connectivity index (χ3v) is 4.67. The maximum absolute atomic E-state index is 5.41. The second kappa shape index (κ2) is 7.60. The highest BCUT2D eigenvalue weighted by Gasteiger charge is 2.21. The highest BCUT2D eigenvalue weighted by molar-refractivity contribution is 5.50. The minimum absolute atomic E-state index is 0.349. The number of nitrogens with one attached hydrogen (secondary N) is 1. The zero-order valence-electron chi connectivity index (χ0n) is 14.2. The Morgan fingerprint density at radius 1 is 1.00 bits per heavy atom. The Hall–Kier alpha value is -2.48. The van der Waals surface area contributed by atoms with E-state index in [1.54, 1.807) is 12.7 Å². The lowest BCUT2D eigenvalue weighted by Gasteiger charge is -2.34. The third kappa shape index (κ3) is 3.96. The predicted molar refractivity (Wildman–Crippen MR) is 96.0 cm³/mol. The smallest absolute Gasteiger partial charge is 0.134 e. The molecule has 2 fully saturated rings. The molecule has 0 bridgehead atoms. The summed E-state index contributed by atoms with van der Waals surface area (Å²) in [6.07, 6.45) is 9.21. The van der Waals surface area contributed by atoms with Crippen LogP contribution in [0.1, 0.15) is 12.8 Å². The van der Waals surface area contributed by atoms with Gasteiger partial charge in [-0.3, -0.25) is 0 Å². The van der Waals surface area contributed by atoms with Gasteiger partial charge in [0.25, 0.3) is 0 Å². The zero-order chi connectivity index (χ0) is 16.9. The molecule has 4 rings (SSSR count). The molecule has 1 N–H and O–H groups in total. The van der Waals surface area contributed by atoms with E-state index < -0.39 is 0 Å². The van der Waals surface area contributed by atoms with E-state index in [2.05, 4.69) is 35.1 Å². The summed E-state index contributed by atoms with van der Waals surface area (Å²) in [5.41, 5.74) is 1.07. The Balaban J connectivity index is 1.41. The SMILES string of the molecule is c1ncc(N2CCC[C@@H](Nc3cc(N4CCOCC4)ncn3)C2)cn1. The number of nitrogens with zero attached hydrogens (tertiary/aromatic N) is 6. The van der Waals surface area contributed by atoms with Crippen molar-refractivity contribution in [2.24, 2.45) is 0 Å². The molecular weight excluding hydrogens is 318 g/mol. The van der Waals surface area contributed by atoms with Crippen molar-refractivity contribution >= 4 is 17.3 Å². The molecule has 8 heteroatoms. The van der Waals surface area contributed by atoms with Crippen LogP contribution in [0.15, 0.2) is 31.1 Å². The Labute approximate surface area is 147 Å². The number of morpholine rings is 1. The molecule has 1 atom stereocenters. The zero-order valence-corrected chi connectivity index (χ0v) is 14.2. The molecule has 0 spiro atoms. The fourth-order valence-electron chi connectivity index (χ4n) is 3.38. The van der Waals surface area contributed by atoms with Crippen molar-refractivity contribution in [2.75, 3.05) is 54.5 Å². The van der Waals surface area contributed by atoms with Crippen LogP contribution in [0, 0.1) is 0 Å². The van der Waals surface area contributed by atoms with Gasteiger partial charge < -0.3 is 19.9 Å². The lowest BCUT2D eigenvalue weighted by molar-refractivity contribution is 0.122. The fourth-order valence-corrected chi connectivity index (χ4v) is 3.38. The average Bonchev–Trinajstić information content (AvgIpc) is 2.70. The summed E-state index contributed by atoms with van der Waals surface area (Å²) in [7, 11) is 0. The van der Waals surface area contributed by atoms with Crippen LogP contribution in [0.4, 0.5) is 17.3 Å². The van der Waals surface area contributed by atoms with E-state index in [4.69, 9.17) is 4.74 Å².